The van der Waals surface area contributed by atoms with Crippen LogP contribution in [0.1, 0.15) is 54.4 Å². The van der Waals surface area contributed by atoms with Crippen molar-refractivity contribution in [1.29, 1.82) is 0 Å². The molecule has 0 saturated heterocycles. The topological polar surface area (TPSA) is 0 Å². The molecule has 18 heavy (non-hydrogen) atoms. The molecular weight excluding hydrogens is 216 g/mol. The van der Waals surface area contributed by atoms with E-state index in [1.807, 2.05) is 0 Å². The Bertz CT molecular complexity index is 271. The van der Waals surface area contributed by atoms with Crippen molar-refractivity contribution in [3.63, 3.8) is 0 Å². The number of allylic oxidation sites excluding steroid dienone is 4. The fraction of sp³-hybridized carbons (Fsp3) is 0.778. The molecule has 4 atom stereocenters. The van der Waals surface area contributed by atoms with Crippen molar-refractivity contribution in [3.8, 4) is 0 Å². The number of hydrogen-bond donors (Lipinski definition) is 0. The van der Waals surface area contributed by atoms with Gasteiger partial charge < -0.3 is 0 Å². The predicted octanol–water partition coefficient (Wildman–Crippen LogP) is 5.71. The van der Waals surface area contributed by atoms with E-state index >= 15 is 0 Å². The molecule has 0 heterocycles. The van der Waals surface area contributed by atoms with Gasteiger partial charge in [0.1, 0.15) is 0 Å². The molecule has 1 fully saturated rings. The van der Waals surface area contributed by atoms with Gasteiger partial charge in [-0.05, 0) is 48.3 Å². The zero-order valence-electron chi connectivity index (χ0n) is 13.2. The van der Waals surface area contributed by atoms with Crippen LogP contribution in [0, 0.1) is 35.5 Å². The van der Waals surface area contributed by atoms with Gasteiger partial charge in [-0.15, -0.1) is 0 Å². The van der Waals surface area contributed by atoms with Gasteiger partial charge in [0.25, 0.3) is 0 Å². The summed E-state index contributed by atoms with van der Waals surface area (Å²) < 4.78 is 0. The first kappa shape index (κ1) is 15.5. The number of hydrogen-bond acceptors (Lipinski definition) is 0. The third kappa shape index (κ3) is 4.63. The van der Waals surface area contributed by atoms with Gasteiger partial charge >= 0.3 is 0 Å². The van der Waals surface area contributed by atoms with Crippen molar-refractivity contribution >= 4 is 0 Å². The maximum absolute atomic E-state index is 2.44. The molecule has 104 valence electrons. The molecule has 1 saturated carbocycles. The second kappa shape index (κ2) is 7.16. The van der Waals surface area contributed by atoms with Crippen LogP contribution in [0.5, 0.6) is 0 Å². The highest BCUT2D eigenvalue weighted by molar-refractivity contribution is 5.21. The lowest BCUT2D eigenvalue weighted by Crippen LogP contribution is -2.12. The summed E-state index contributed by atoms with van der Waals surface area (Å²) in [6.45, 7) is 13.0. The lowest BCUT2D eigenvalue weighted by Gasteiger charge is -2.18. The lowest BCUT2D eigenvalue weighted by atomic mass is 9.86. The Labute approximate surface area is 115 Å². The summed E-state index contributed by atoms with van der Waals surface area (Å²) in [5.41, 5.74) is 0. The van der Waals surface area contributed by atoms with Crippen LogP contribution in [0.25, 0.3) is 0 Å². The van der Waals surface area contributed by atoms with Gasteiger partial charge in [-0.2, -0.15) is 0 Å². The minimum atomic E-state index is 0.833. The predicted molar refractivity (Wildman–Crippen MR) is 82.5 cm³/mol. The highest BCUT2D eigenvalue weighted by atomic mass is 14.5. The maximum atomic E-state index is 2.44. The summed E-state index contributed by atoms with van der Waals surface area (Å²) >= 11 is 0. The minimum Gasteiger partial charge on any atom is -0.0879 e. The van der Waals surface area contributed by atoms with Gasteiger partial charge in [-0.3, -0.25) is 0 Å². The first-order valence-electron chi connectivity index (χ1n) is 7.76. The van der Waals surface area contributed by atoms with E-state index in [2.05, 4.69) is 65.8 Å². The monoisotopic (exact) mass is 248 g/mol. The van der Waals surface area contributed by atoms with Gasteiger partial charge in [0.15, 0.2) is 0 Å². The van der Waals surface area contributed by atoms with E-state index in [1.54, 1.807) is 0 Å². The van der Waals surface area contributed by atoms with Crippen LogP contribution in [0.4, 0.5) is 0 Å². The summed E-state index contributed by atoms with van der Waals surface area (Å²) in [6.07, 6.45) is 12.5. The summed E-state index contributed by atoms with van der Waals surface area (Å²) in [4.78, 5) is 0. The molecule has 2 bridgehead atoms. The maximum Gasteiger partial charge on any atom is -0.0133 e. The van der Waals surface area contributed by atoms with E-state index in [1.165, 1.54) is 12.8 Å². The number of fused-ring (bicyclic) bond motifs is 5. The first-order chi connectivity index (χ1) is 8.41. The Kier molecular flexibility index (Phi) is 6.18. The molecule has 3 aliphatic carbocycles. The summed E-state index contributed by atoms with van der Waals surface area (Å²) in [7, 11) is 0. The highest BCUT2D eigenvalue weighted by Gasteiger charge is 2.44. The van der Waals surface area contributed by atoms with E-state index in [0.717, 1.165) is 35.5 Å². The fourth-order valence-electron chi connectivity index (χ4n) is 2.97. The summed E-state index contributed by atoms with van der Waals surface area (Å²) in [6, 6.07) is 0. The van der Waals surface area contributed by atoms with Crippen LogP contribution in [-0.4, -0.2) is 0 Å². The Hall–Kier alpha value is -0.520. The normalized spacial score (nSPS) is 34.2. The molecule has 0 spiro atoms. The number of rotatable bonds is 0. The molecule has 0 aromatic rings. The second-order valence-corrected chi connectivity index (χ2v) is 7.32. The van der Waals surface area contributed by atoms with E-state index in [-0.39, 0.29) is 0 Å². The third-order valence-electron chi connectivity index (χ3n) is 3.46. The smallest absolute Gasteiger partial charge is 0.0133 e. The molecule has 3 aliphatic rings. The average Bonchev–Trinajstić information content (AvgIpc) is 2.90. The van der Waals surface area contributed by atoms with Gasteiger partial charge in [0, 0.05) is 0 Å². The van der Waals surface area contributed by atoms with Crippen molar-refractivity contribution in [2.45, 2.75) is 54.4 Å². The second-order valence-electron chi connectivity index (χ2n) is 7.32. The van der Waals surface area contributed by atoms with Crippen molar-refractivity contribution in [3.05, 3.63) is 24.3 Å². The van der Waals surface area contributed by atoms with Crippen molar-refractivity contribution < 1.29 is 0 Å². The molecule has 4 unspecified atom stereocenters. The Morgan fingerprint density at radius 1 is 0.778 bits per heavy atom. The van der Waals surface area contributed by atoms with Gasteiger partial charge in [0.2, 0.25) is 0 Å². The van der Waals surface area contributed by atoms with Crippen LogP contribution in [0.3, 0.4) is 0 Å². The van der Waals surface area contributed by atoms with Crippen molar-refractivity contribution in [2.24, 2.45) is 35.5 Å². The molecule has 0 aromatic heterocycles. The molecule has 0 nitrogen and oxygen atoms in total. The first-order valence-corrected chi connectivity index (χ1v) is 7.76. The molecule has 0 amide bonds. The Morgan fingerprint density at radius 2 is 1.28 bits per heavy atom. The van der Waals surface area contributed by atoms with Crippen LogP contribution in [-0.2, 0) is 0 Å². The van der Waals surface area contributed by atoms with Gasteiger partial charge in [-0.1, -0.05) is 65.8 Å². The van der Waals surface area contributed by atoms with Crippen LogP contribution in [0.2, 0.25) is 0 Å². The standard InChI is InChI=1S/C10H12.2C4H10/c1-2-9-7-4-5-8(6-7)10(9)3-1;2*1-4(2)3/h1-2,4-5,7-10H,3,6H2;2*4H,1-3H3. The van der Waals surface area contributed by atoms with Crippen LogP contribution < -0.4 is 0 Å². The quantitative estimate of drug-likeness (QED) is 0.482. The SMILES string of the molecule is C1=CC2C3C=CC(C3)C2C1.CC(C)C.CC(C)C. The zero-order chi connectivity index (χ0) is 13.7. The van der Waals surface area contributed by atoms with Crippen LogP contribution in [0.15, 0.2) is 24.3 Å². The molecule has 0 aromatic carbocycles. The van der Waals surface area contributed by atoms with Crippen molar-refractivity contribution in [2.75, 3.05) is 0 Å². The largest absolute Gasteiger partial charge is 0.0879 e. The van der Waals surface area contributed by atoms with E-state index in [0.29, 0.717) is 0 Å². The summed E-state index contributed by atoms with van der Waals surface area (Å²) in [5.74, 6) is 5.49. The van der Waals surface area contributed by atoms with Gasteiger partial charge in [-0.25, -0.2) is 0 Å². The van der Waals surface area contributed by atoms with Gasteiger partial charge in [0.05, 0.1) is 0 Å². The average molecular weight is 248 g/mol. The summed E-state index contributed by atoms with van der Waals surface area (Å²) in [5, 5.41) is 0. The third-order valence-corrected chi connectivity index (χ3v) is 3.46. The minimum absolute atomic E-state index is 0.833. The Morgan fingerprint density at radius 3 is 1.78 bits per heavy atom. The molecule has 0 heteroatoms. The Balaban J connectivity index is 0.000000174. The van der Waals surface area contributed by atoms with Crippen molar-refractivity contribution in [1.82, 2.24) is 0 Å². The molecule has 0 N–H and O–H groups in total. The van der Waals surface area contributed by atoms with E-state index < -0.39 is 0 Å². The highest BCUT2D eigenvalue weighted by Crippen LogP contribution is 2.52. The lowest BCUT2D eigenvalue weighted by molar-refractivity contribution is 0.398. The van der Waals surface area contributed by atoms with Crippen LogP contribution >= 0.6 is 0 Å². The van der Waals surface area contributed by atoms with E-state index in [9.17, 15) is 0 Å². The molecule has 0 aliphatic heterocycles. The molecule has 3 rings (SSSR count). The fourth-order valence-corrected chi connectivity index (χ4v) is 2.97. The molecular formula is C18H32. The zero-order valence-corrected chi connectivity index (χ0v) is 13.2. The van der Waals surface area contributed by atoms with E-state index in [4.69, 9.17) is 0 Å². The molecule has 0 radical (unpaired) electrons.